The molecule has 2 heterocycles. The number of alkyl halides is 3. The second kappa shape index (κ2) is 6.62. The third kappa shape index (κ3) is 3.44. The van der Waals surface area contributed by atoms with E-state index >= 15 is 0 Å². The Kier molecular flexibility index (Phi) is 4.50. The molecule has 0 saturated carbocycles. The summed E-state index contributed by atoms with van der Waals surface area (Å²) >= 11 is 0. The van der Waals surface area contributed by atoms with Gasteiger partial charge in [0.25, 0.3) is 5.91 Å². The topological polar surface area (TPSA) is 51.0 Å². The quantitative estimate of drug-likeness (QED) is 0.716. The molecule has 0 aliphatic rings. The zero-order valence-corrected chi connectivity index (χ0v) is 14.0. The molecule has 1 aromatic carbocycles. The summed E-state index contributed by atoms with van der Waals surface area (Å²) in [4.78, 5) is 17.3. The number of amides is 1. The fourth-order valence-corrected chi connectivity index (χ4v) is 2.42. The van der Waals surface area contributed by atoms with Gasteiger partial charge in [-0.1, -0.05) is 18.2 Å². The van der Waals surface area contributed by atoms with Crippen molar-refractivity contribution in [3.8, 4) is 17.1 Å². The first kappa shape index (κ1) is 17.7. The number of carbonyl (C=O) groups is 1. The minimum absolute atomic E-state index is 0.0745. The van der Waals surface area contributed by atoms with Gasteiger partial charge in [-0.05, 0) is 30.3 Å². The number of hydrogen-bond acceptors (Lipinski definition) is 3. The minimum Gasteiger partial charge on any atom is -0.345 e. The number of rotatable bonds is 3. The molecule has 0 aliphatic carbocycles. The number of carbonyl (C=O) groups excluding carboxylic acids is 1. The van der Waals surface area contributed by atoms with E-state index in [0.29, 0.717) is 11.1 Å². The van der Waals surface area contributed by atoms with E-state index in [0.717, 1.165) is 10.7 Å². The van der Waals surface area contributed by atoms with Crippen molar-refractivity contribution in [2.45, 2.75) is 6.18 Å². The third-order valence-electron chi connectivity index (χ3n) is 3.70. The molecule has 3 rings (SSSR count). The lowest BCUT2D eigenvalue weighted by Gasteiger charge is -2.10. The summed E-state index contributed by atoms with van der Waals surface area (Å²) in [7, 11) is 3.25. The molecule has 0 unspecified atom stereocenters. The summed E-state index contributed by atoms with van der Waals surface area (Å²) in [6, 6.07) is 11.9. The smallest absolute Gasteiger partial charge is 0.345 e. The molecule has 3 aromatic rings. The molecule has 134 valence electrons. The molecule has 26 heavy (non-hydrogen) atoms. The van der Waals surface area contributed by atoms with Crippen LogP contribution in [0.3, 0.4) is 0 Å². The van der Waals surface area contributed by atoms with Gasteiger partial charge in [-0.25, -0.2) is 9.67 Å². The van der Waals surface area contributed by atoms with E-state index in [-0.39, 0.29) is 17.4 Å². The molecule has 8 heteroatoms. The number of halogens is 3. The highest BCUT2D eigenvalue weighted by Gasteiger charge is 2.36. The van der Waals surface area contributed by atoms with Gasteiger partial charge in [0.2, 0.25) is 0 Å². The highest BCUT2D eigenvalue weighted by molar-refractivity contribution is 5.94. The number of pyridine rings is 1. The van der Waals surface area contributed by atoms with Crippen molar-refractivity contribution < 1.29 is 18.0 Å². The molecule has 0 aliphatic heterocycles. The Labute approximate surface area is 147 Å². The van der Waals surface area contributed by atoms with Crippen LogP contribution in [-0.2, 0) is 6.18 Å². The van der Waals surface area contributed by atoms with Crippen LogP contribution in [0.15, 0.2) is 54.7 Å². The Balaban J connectivity index is 2.04. The van der Waals surface area contributed by atoms with E-state index in [4.69, 9.17) is 0 Å². The van der Waals surface area contributed by atoms with Crippen LogP contribution in [0.25, 0.3) is 17.1 Å². The second-order valence-electron chi connectivity index (χ2n) is 5.79. The summed E-state index contributed by atoms with van der Waals surface area (Å²) in [6.07, 6.45) is -3.18. The fourth-order valence-electron chi connectivity index (χ4n) is 2.42. The molecule has 5 nitrogen and oxygen atoms in total. The lowest BCUT2D eigenvalue weighted by atomic mass is 10.1. The lowest BCUT2D eigenvalue weighted by molar-refractivity contribution is -0.142. The Morgan fingerprint density at radius 3 is 2.31 bits per heavy atom. The Morgan fingerprint density at radius 1 is 1.08 bits per heavy atom. The van der Waals surface area contributed by atoms with Gasteiger partial charge in [0.05, 0.1) is 5.69 Å². The first-order chi connectivity index (χ1) is 12.3. The Morgan fingerprint density at radius 2 is 1.77 bits per heavy atom. The maximum atomic E-state index is 13.4. The highest BCUT2D eigenvalue weighted by atomic mass is 19.4. The van der Waals surface area contributed by atoms with E-state index in [1.807, 2.05) is 0 Å². The van der Waals surface area contributed by atoms with Gasteiger partial charge in [-0.2, -0.15) is 18.3 Å². The van der Waals surface area contributed by atoms with Crippen molar-refractivity contribution in [2.24, 2.45) is 0 Å². The van der Waals surface area contributed by atoms with Gasteiger partial charge in [0, 0.05) is 31.4 Å². The van der Waals surface area contributed by atoms with Crippen molar-refractivity contribution in [2.75, 3.05) is 14.1 Å². The summed E-state index contributed by atoms with van der Waals surface area (Å²) in [5.74, 6) is -0.114. The molecule has 0 atom stereocenters. The molecule has 0 bridgehead atoms. The van der Waals surface area contributed by atoms with Gasteiger partial charge in [0.15, 0.2) is 11.5 Å². The van der Waals surface area contributed by atoms with E-state index < -0.39 is 11.9 Å². The minimum atomic E-state index is -4.58. The van der Waals surface area contributed by atoms with Crippen molar-refractivity contribution in [1.82, 2.24) is 19.7 Å². The van der Waals surface area contributed by atoms with E-state index in [1.54, 1.807) is 50.5 Å². The summed E-state index contributed by atoms with van der Waals surface area (Å²) in [6.45, 7) is 0. The first-order valence-electron chi connectivity index (χ1n) is 7.68. The van der Waals surface area contributed by atoms with Crippen LogP contribution in [0.5, 0.6) is 0 Å². The average molecular weight is 360 g/mol. The van der Waals surface area contributed by atoms with Crippen molar-refractivity contribution in [3.63, 3.8) is 0 Å². The predicted molar refractivity (Wildman–Crippen MR) is 89.8 cm³/mol. The summed E-state index contributed by atoms with van der Waals surface area (Å²) in [5.41, 5.74) is 0.144. The van der Waals surface area contributed by atoms with Gasteiger partial charge in [-0.15, -0.1) is 0 Å². The van der Waals surface area contributed by atoms with E-state index in [9.17, 15) is 18.0 Å². The summed E-state index contributed by atoms with van der Waals surface area (Å²) < 4.78 is 40.9. The van der Waals surface area contributed by atoms with E-state index in [2.05, 4.69) is 10.1 Å². The summed E-state index contributed by atoms with van der Waals surface area (Å²) in [5, 5.41) is 4.07. The Hall–Kier alpha value is -3.16. The lowest BCUT2D eigenvalue weighted by Crippen LogP contribution is -2.21. The number of nitrogens with zero attached hydrogens (tertiary/aromatic N) is 4. The SMILES string of the molecule is CN(C)C(=O)c1ccc(-c2cc(C(F)(F)F)n(-c3ccccn3)n2)cc1. The zero-order chi connectivity index (χ0) is 18.9. The Bertz CT molecular complexity index is 916. The number of benzene rings is 1. The average Bonchev–Trinajstić information content (AvgIpc) is 3.08. The molecule has 1 amide bonds. The second-order valence-corrected chi connectivity index (χ2v) is 5.79. The van der Waals surface area contributed by atoms with E-state index in [1.165, 1.54) is 17.2 Å². The largest absolute Gasteiger partial charge is 0.433 e. The van der Waals surface area contributed by atoms with Crippen molar-refractivity contribution in [1.29, 1.82) is 0 Å². The maximum Gasteiger partial charge on any atom is 0.433 e. The van der Waals surface area contributed by atoms with Crippen molar-refractivity contribution in [3.05, 3.63) is 66.0 Å². The molecule has 0 radical (unpaired) electrons. The number of aromatic nitrogens is 3. The van der Waals surface area contributed by atoms with Gasteiger partial charge < -0.3 is 4.90 Å². The number of hydrogen-bond donors (Lipinski definition) is 0. The molecular weight excluding hydrogens is 345 g/mol. The maximum absolute atomic E-state index is 13.4. The van der Waals surface area contributed by atoms with Crippen LogP contribution in [0.4, 0.5) is 13.2 Å². The van der Waals surface area contributed by atoms with Crippen LogP contribution in [0.1, 0.15) is 16.1 Å². The molecule has 0 fully saturated rings. The van der Waals surface area contributed by atoms with Crippen LogP contribution >= 0.6 is 0 Å². The normalized spacial score (nSPS) is 11.4. The third-order valence-corrected chi connectivity index (χ3v) is 3.70. The zero-order valence-electron chi connectivity index (χ0n) is 14.0. The van der Waals surface area contributed by atoms with Crippen LogP contribution in [0, 0.1) is 0 Å². The van der Waals surface area contributed by atoms with Gasteiger partial charge in [0.1, 0.15) is 0 Å². The highest BCUT2D eigenvalue weighted by Crippen LogP contribution is 2.33. The van der Waals surface area contributed by atoms with Crippen LogP contribution in [-0.4, -0.2) is 39.7 Å². The first-order valence-corrected chi connectivity index (χ1v) is 7.68. The standard InChI is InChI=1S/C18H15F3N4O/c1-24(2)17(26)13-8-6-12(7-9-13)14-11-15(18(19,20)21)25(23-14)16-5-3-4-10-22-16/h3-11H,1-2H3. The van der Waals surface area contributed by atoms with Crippen LogP contribution < -0.4 is 0 Å². The molecule has 0 spiro atoms. The predicted octanol–water partition coefficient (Wildman–Crippen LogP) is 3.65. The molecule has 0 saturated heterocycles. The van der Waals surface area contributed by atoms with Crippen LogP contribution in [0.2, 0.25) is 0 Å². The van der Waals surface area contributed by atoms with Crippen molar-refractivity contribution >= 4 is 5.91 Å². The molecular formula is C18H15F3N4O. The molecule has 0 N–H and O–H groups in total. The van der Waals surface area contributed by atoms with Gasteiger partial charge in [-0.3, -0.25) is 4.79 Å². The molecule has 2 aromatic heterocycles. The van der Waals surface area contributed by atoms with Gasteiger partial charge >= 0.3 is 6.18 Å². The monoisotopic (exact) mass is 360 g/mol. The fraction of sp³-hybridized carbons (Fsp3) is 0.167.